The molecule has 0 aliphatic heterocycles. The van der Waals surface area contributed by atoms with E-state index >= 15 is 0 Å². The van der Waals surface area contributed by atoms with Gasteiger partial charge >= 0.3 is 65.1 Å². The molecule has 30 heavy (non-hydrogen) atoms. The van der Waals surface area contributed by atoms with Crippen LogP contribution in [0.5, 0.6) is 0 Å². The third-order valence-electron chi connectivity index (χ3n) is 4.38. The summed E-state index contributed by atoms with van der Waals surface area (Å²) in [5.41, 5.74) is 0. The summed E-state index contributed by atoms with van der Waals surface area (Å²) in [6.45, 7) is 3.67. The number of hydrogen-bond donors (Lipinski definition) is 0. The third kappa shape index (κ3) is 26.6. The number of esters is 1. The molecule has 7 nitrogen and oxygen atoms in total. The second-order valence-electron chi connectivity index (χ2n) is 7.11. The smallest absolute Gasteiger partial charge is 0.748 e. The summed E-state index contributed by atoms with van der Waals surface area (Å²) in [7, 11) is -4.48. The van der Waals surface area contributed by atoms with Gasteiger partial charge in [0.15, 0.2) is 0 Å². The molecule has 164 valence electrons. The van der Waals surface area contributed by atoms with Crippen LogP contribution in [0.2, 0.25) is 0 Å². The first kappa shape index (κ1) is 35.2. The molecule has 0 aliphatic carbocycles. The van der Waals surface area contributed by atoms with Crippen molar-refractivity contribution in [2.45, 2.75) is 96.0 Å². The Labute approximate surface area is 226 Å². The molecular formula is C20H34Na2O7S. The van der Waals surface area contributed by atoms with Crippen molar-refractivity contribution in [2.75, 3.05) is 5.75 Å². The van der Waals surface area contributed by atoms with Crippen LogP contribution in [-0.2, 0) is 24.4 Å². The fourth-order valence-corrected chi connectivity index (χ4v) is 3.60. The van der Waals surface area contributed by atoms with Gasteiger partial charge in [0, 0.05) is 12.4 Å². The first-order valence-electron chi connectivity index (χ1n) is 10.2. The average molecular weight is 465 g/mol. The van der Waals surface area contributed by atoms with Crippen molar-refractivity contribution in [3.05, 3.63) is 12.7 Å². The molecule has 0 saturated carbocycles. The van der Waals surface area contributed by atoms with Crippen molar-refractivity contribution < 1.29 is 91.5 Å². The van der Waals surface area contributed by atoms with Gasteiger partial charge in [0.25, 0.3) is 0 Å². The quantitative estimate of drug-likeness (QED) is 0.0650. The number of rotatable bonds is 19. The summed E-state index contributed by atoms with van der Waals surface area (Å²) < 4.78 is 38.3. The summed E-state index contributed by atoms with van der Waals surface area (Å²) >= 11 is 0. The Morgan fingerprint density at radius 1 is 0.867 bits per heavy atom. The summed E-state index contributed by atoms with van der Waals surface area (Å²) in [5, 5.41) is 10.3. The van der Waals surface area contributed by atoms with Crippen LogP contribution in [0.25, 0.3) is 0 Å². The van der Waals surface area contributed by atoms with Crippen LogP contribution in [-0.4, -0.2) is 36.8 Å². The first-order valence-corrected chi connectivity index (χ1v) is 11.8. The number of carbonyl (C=O) groups is 2. The largest absolute Gasteiger partial charge is 1.00 e. The number of carbonyl (C=O) groups excluding carboxylic acids is 2. The number of unbranched alkanes of at least 4 members (excludes halogenated alkanes) is 9. The van der Waals surface area contributed by atoms with Crippen molar-refractivity contribution in [1.29, 1.82) is 0 Å². The summed E-state index contributed by atoms with van der Waals surface area (Å²) in [6.07, 6.45) is 10.8. The van der Waals surface area contributed by atoms with Crippen LogP contribution in [0, 0.1) is 0 Å². The molecule has 0 aromatic carbocycles. The number of hydrogen-bond acceptors (Lipinski definition) is 7. The van der Waals surface area contributed by atoms with Crippen molar-refractivity contribution in [3.63, 3.8) is 0 Å². The van der Waals surface area contributed by atoms with Crippen LogP contribution in [0.1, 0.15) is 89.9 Å². The maximum atomic E-state index is 11.9. The number of ether oxygens (including phenoxy) is 1. The zero-order valence-corrected chi connectivity index (χ0v) is 23.6. The molecule has 0 amide bonds. The zero-order valence-electron chi connectivity index (χ0n) is 18.7. The molecule has 10 heteroatoms. The van der Waals surface area contributed by atoms with E-state index in [-0.39, 0.29) is 72.0 Å². The van der Waals surface area contributed by atoms with Gasteiger partial charge in [0.05, 0.1) is 15.9 Å². The van der Waals surface area contributed by atoms with E-state index in [4.69, 9.17) is 4.74 Å². The van der Waals surface area contributed by atoms with E-state index < -0.39 is 33.9 Å². The van der Waals surface area contributed by atoms with E-state index in [9.17, 15) is 27.7 Å². The molecule has 0 spiro atoms. The fraction of sp³-hybridized carbons (Fsp3) is 0.800. The van der Waals surface area contributed by atoms with Crippen molar-refractivity contribution >= 4 is 22.1 Å². The van der Waals surface area contributed by atoms with Crippen LogP contribution in [0.4, 0.5) is 0 Å². The van der Waals surface area contributed by atoms with Crippen molar-refractivity contribution in [1.82, 2.24) is 0 Å². The second-order valence-corrected chi connectivity index (χ2v) is 8.56. The van der Waals surface area contributed by atoms with Crippen molar-refractivity contribution in [2.24, 2.45) is 0 Å². The standard InChI is InChI=1S/C20H36O7S.2Na/c1-2-3-4-5-6-10-13-16-20(23)27-18(17-28(24,25)26)14-11-8-7-9-12-15-19(21)22;;/h2,18H,1,3-17H2,(H,21,22)(H,24,25,26);;/q;2*+1/p-2. The molecular weight excluding hydrogens is 430 g/mol. The summed E-state index contributed by atoms with van der Waals surface area (Å²) in [6, 6.07) is 0. The summed E-state index contributed by atoms with van der Waals surface area (Å²) in [4.78, 5) is 22.2. The molecule has 0 aliphatic rings. The summed E-state index contributed by atoms with van der Waals surface area (Å²) in [5.74, 6) is -2.23. The van der Waals surface area contributed by atoms with Crippen molar-refractivity contribution in [3.8, 4) is 0 Å². The molecule has 0 radical (unpaired) electrons. The Balaban J connectivity index is -0.00000364. The van der Waals surface area contributed by atoms with E-state index in [0.717, 1.165) is 51.4 Å². The van der Waals surface area contributed by atoms with Crippen LogP contribution < -0.4 is 64.2 Å². The molecule has 0 aromatic rings. The van der Waals surface area contributed by atoms with Gasteiger partial charge in [0.1, 0.15) is 6.10 Å². The molecule has 1 atom stereocenters. The van der Waals surface area contributed by atoms with E-state index in [1.807, 2.05) is 6.08 Å². The Morgan fingerprint density at radius 3 is 1.90 bits per heavy atom. The van der Waals surface area contributed by atoms with Crippen LogP contribution >= 0.6 is 0 Å². The fourth-order valence-electron chi connectivity index (χ4n) is 2.91. The minimum atomic E-state index is -4.48. The van der Waals surface area contributed by atoms with Gasteiger partial charge in [0.2, 0.25) is 0 Å². The second kappa shape index (κ2) is 22.8. The Morgan fingerprint density at radius 2 is 1.37 bits per heavy atom. The zero-order chi connectivity index (χ0) is 21.3. The molecule has 0 N–H and O–H groups in total. The van der Waals surface area contributed by atoms with Gasteiger partial charge in [-0.25, -0.2) is 8.42 Å². The molecule has 1 unspecified atom stereocenters. The topological polar surface area (TPSA) is 124 Å². The van der Waals surface area contributed by atoms with Crippen LogP contribution in [0.3, 0.4) is 0 Å². The molecule has 0 saturated heterocycles. The molecule has 0 bridgehead atoms. The van der Waals surface area contributed by atoms with Crippen LogP contribution in [0.15, 0.2) is 12.7 Å². The first-order chi connectivity index (χ1) is 13.2. The van der Waals surface area contributed by atoms with Gasteiger partial charge < -0.3 is 19.2 Å². The third-order valence-corrected chi connectivity index (χ3v) is 5.16. The van der Waals surface area contributed by atoms with Gasteiger partial charge in [-0.2, -0.15) is 0 Å². The molecule has 0 heterocycles. The Kier molecular flexibility index (Phi) is 26.7. The molecule has 0 fully saturated rings. The maximum absolute atomic E-state index is 11.9. The van der Waals surface area contributed by atoms with E-state index in [1.54, 1.807) is 0 Å². The average Bonchev–Trinajstić information content (AvgIpc) is 2.58. The Hall–Kier alpha value is 0.590. The minimum Gasteiger partial charge on any atom is -0.748 e. The van der Waals surface area contributed by atoms with Gasteiger partial charge in [-0.3, -0.25) is 4.79 Å². The Bertz CT molecular complexity index is 553. The number of allylic oxidation sites excluding steroid dienone is 1. The molecule has 0 rings (SSSR count). The van der Waals surface area contributed by atoms with E-state index in [2.05, 4.69) is 6.58 Å². The maximum Gasteiger partial charge on any atom is 1.00 e. The number of aliphatic carboxylic acids is 1. The van der Waals surface area contributed by atoms with E-state index in [0.29, 0.717) is 25.7 Å². The normalized spacial score (nSPS) is 11.6. The SMILES string of the molecule is C=CCCCCCCCC(=O)OC(CCCCCCCC(=O)[O-])CS(=O)(=O)[O-].[Na+].[Na+]. The van der Waals surface area contributed by atoms with Gasteiger partial charge in [-0.15, -0.1) is 6.58 Å². The monoisotopic (exact) mass is 464 g/mol. The molecule has 0 aromatic heterocycles. The number of carboxylic acids is 1. The van der Waals surface area contributed by atoms with Gasteiger partial charge in [-0.05, 0) is 44.9 Å². The predicted octanol–water partition coefficient (Wildman–Crippen LogP) is -3.15. The minimum absolute atomic E-state index is 0. The number of carboxylic acid groups (broad SMARTS) is 1. The van der Waals surface area contributed by atoms with E-state index in [1.165, 1.54) is 0 Å². The van der Waals surface area contributed by atoms with Gasteiger partial charge in [-0.1, -0.05) is 44.6 Å². The predicted molar refractivity (Wildman–Crippen MR) is 104 cm³/mol.